The van der Waals surface area contributed by atoms with Crippen molar-refractivity contribution in [2.45, 2.75) is 5.41 Å². The minimum atomic E-state index is -0.516. The van der Waals surface area contributed by atoms with Gasteiger partial charge in [0.1, 0.15) is 0 Å². The van der Waals surface area contributed by atoms with Gasteiger partial charge in [-0.1, -0.05) is 140 Å². The third-order valence-electron chi connectivity index (χ3n) is 10.4. The van der Waals surface area contributed by atoms with Crippen LogP contribution in [0.5, 0.6) is 0 Å². The van der Waals surface area contributed by atoms with Gasteiger partial charge in [0.2, 0.25) is 0 Å². The average Bonchev–Trinajstić information content (AvgIpc) is 3.63. The van der Waals surface area contributed by atoms with Gasteiger partial charge in [0, 0.05) is 16.8 Å². The van der Waals surface area contributed by atoms with Crippen molar-refractivity contribution in [3.05, 3.63) is 204 Å². The molecule has 2 heteroatoms. The van der Waals surface area contributed by atoms with Crippen LogP contribution < -0.4 is 4.90 Å². The number of nitrogens with zero attached hydrogens (tertiary/aromatic N) is 2. The molecular formula is C46H28N2. The molecule has 0 aromatic heterocycles. The maximum absolute atomic E-state index is 7.82. The minimum absolute atomic E-state index is 0.516. The summed E-state index contributed by atoms with van der Waals surface area (Å²) in [4.78, 5) is 6.14. The fourth-order valence-electron chi connectivity index (χ4n) is 8.65. The van der Waals surface area contributed by atoms with Crippen molar-refractivity contribution in [2.75, 3.05) is 4.90 Å². The topological polar surface area (TPSA) is 7.60 Å². The lowest BCUT2D eigenvalue weighted by atomic mass is 9.69. The molecule has 0 bridgehead atoms. The minimum Gasteiger partial charge on any atom is -0.311 e. The summed E-state index contributed by atoms with van der Waals surface area (Å²) in [5.41, 5.74) is 13.7. The van der Waals surface area contributed by atoms with E-state index < -0.39 is 5.41 Å². The van der Waals surface area contributed by atoms with Crippen molar-refractivity contribution in [1.29, 1.82) is 0 Å². The van der Waals surface area contributed by atoms with Gasteiger partial charge in [0.25, 0.3) is 0 Å². The zero-order valence-corrected chi connectivity index (χ0v) is 26.1. The monoisotopic (exact) mass is 608 g/mol. The molecule has 0 radical (unpaired) electrons. The fourth-order valence-corrected chi connectivity index (χ4v) is 8.65. The largest absolute Gasteiger partial charge is 0.311 e. The Bertz CT molecular complexity index is 2600. The molecule has 0 saturated carbocycles. The number of hydrogen-bond acceptors (Lipinski definition) is 1. The standard InChI is InChI=1S/C46H28N2/c1-47-31-15-13-18-33(28-31)48(32-16-3-2-4-17-32)43-29-42-44(38-23-8-7-22-37(38)43)39-27-26-30-14-5-6-19-34(30)45(39)46(42)40-24-11-9-20-35(40)36-21-10-12-25-41(36)46/h2-29H. The Hall–Kier alpha value is -6.43. The first-order valence-electron chi connectivity index (χ1n) is 16.4. The van der Waals surface area contributed by atoms with Crippen LogP contribution in [0.4, 0.5) is 22.7 Å². The molecule has 0 unspecified atom stereocenters. The molecule has 8 aromatic rings. The maximum atomic E-state index is 7.82. The van der Waals surface area contributed by atoms with Crippen molar-refractivity contribution in [3.63, 3.8) is 0 Å². The van der Waals surface area contributed by atoms with E-state index in [1.165, 1.54) is 66.1 Å². The lowest BCUT2D eigenvalue weighted by Gasteiger charge is -2.33. The van der Waals surface area contributed by atoms with Crippen LogP contribution in [-0.2, 0) is 5.41 Å². The lowest BCUT2D eigenvalue weighted by molar-refractivity contribution is 0.802. The molecule has 2 nitrogen and oxygen atoms in total. The molecule has 48 heavy (non-hydrogen) atoms. The van der Waals surface area contributed by atoms with Gasteiger partial charge in [-0.25, -0.2) is 4.85 Å². The molecule has 8 aromatic carbocycles. The van der Waals surface area contributed by atoms with Gasteiger partial charge in [0.15, 0.2) is 5.69 Å². The lowest BCUT2D eigenvalue weighted by Crippen LogP contribution is -2.26. The van der Waals surface area contributed by atoms with Crippen molar-refractivity contribution in [2.24, 2.45) is 0 Å². The van der Waals surface area contributed by atoms with Crippen LogP contribution in [-0.4, -0.2) is 0 Å². The number of anilines is 3. The molecule has 0 aliphatic heterocycles. The highest BCUT2D eigenvalue weighted by Gasteiger charge is 2.53. The molecule has 0 saturated heterocycles. The first-order chi connectivity index (χ1) is 23.8. The van der Waals surface area contributed by atoms with Crippen LogP contribution in [0.15, 0.2) is 170 Å². The van der Waals surface area contributed by atoms with Gasteiger partial charge in [-0.05, 0) is 91.0 Å². The van der Waals surface area contributed by atoms with Crippen molar-refractivity contribution in [3.8, 4) is 22.3 Å². The SMILES string of the molecule is [C-]#[N+]c1cccc(N(c2ccccc2)c2cc3c(c4ccccc24)-c2ccc4ccccc4c2C32c3ccccc3-c3ccccc32)c1. The summed E-state index contributed by atoms with van der Waals surface area (Å²) in [6, 6.07) is 61.4. The number of hydrogen-bond donors (Lipinski definition) is 0. The third-order valence-corrected chi connectivity index (χ3v) is 10.4. The second-order valence-electron chi connectivity index (χ2n) is 12.7. The Kier molecular flexibility index (Phi) is 5.59. The predicted octanol–water partition coefficient (Wildman–Crippen LogP) is 12.4. The van der Waals surface area contributed by atoms with Crippen LogP contribution in [0.2, 0.25) is 0 Å². The Morgan fingerprint density at radius 3 is 1.83 bits per heavy atom. The fraction of sp³-hybridized carbons (Fsp3) is 0.0217. The molecule has 0 amide bonds. The average molecular weight is 609 g/mol. The molecule has 222 valence electrons. The van der Waals surface area contributed by atoms with Crippen LogP contribution in [0.25, 0.3) is 48.6 Å². The predicted molar refractivity (Wildman–Crippen MR) is 199 cm³/mol. The number of rotatable bonds is 3. The van der Waals surface area contributed by atoms with Crippen molar-refractivity contribution in [1.82, 2.24) is 0 Å². The van der Waals surface area contributed by atoms with Gasteiger partial charge >= 0.3 is 0 Å². The maximum Gasteiger partial charge on any atom is 0.189 e. The van der Waals surface area contributed by atoms with E-state index in [1.54, 1.807) is 0 Å². The zero-order valence-electron chi connectivity index (χ0n) is 26.1. The summed E-state index contributed by atoms with van der Waals surface area (Å²) >= 11 is 0. The first-order valence-corrected chi connectivity index (χ1v) is 16.4. The number of benzene rings is 8. The van der Waals surface area contributed by atoms with Crippen molar-refractivity contribution < 1.29 is 0 Å². The van der Waals surface area contributed by atoms with Gasteiger partial charge in [-0.15, -0.1) is 0 Å². The van der Waals surface area contributed by atoms with E-state index in [4.69, 9.17) is 6.57 Å². The molecule has 2 aliphatic rings. The van der Waals surface area contributed by atoms with Gasteiger partial charge in [-0.3, -0.25) is 0 Å². The molecule has 0 fully saturated rings. The van der Waals surface area contributed by atoms with E-state index in [-0.39, 0.29) is 0 Å². The van der Waals surface area contributed by atoms with Gasteiger partial charge < -0.3 is 4.90 Å². The summed E-state index contributed by atoms with van der Waals surface area (Å²) in [5.74, 6) is 0. The smallest absolute Gasteiger partial charge is 0.189 e. The highest BCUT2D eigenvalue weighted by Crippen LogP contribution is 2.66. The zero-order chi connectivity index (χ0) is 31.8. The van der Waals surface area contributed by atoms with E-state index in [0.717, 1.165) is 17.1 Å². The highest BCUT2D eigenvalue weighted by molar-refractivity contribution is 6.14. The summed E-state index contributed by atoms with van der Waals surface area (Å²) in [7, 11) is 0. The summed E-state index contributed by atoms with van der Waals surface area (Å²) in [6.45, 7) is 7.82. The summed E-state index contributed by atoms with van der Waals surface area (Å²) in [6.07, 6.45) is 0. The van der Waals surface area contributed by atoms with Crippen LogP contribution in [0.1, 0.15) is 22.3 Å². The molecule has 0 atom stereocenters. The quantitative estimate of drug-likeness (QED) is 0.181. The van der Waals surface area contributed by atoms with E-state index in [2.05, 4.69) is 161 Å². The van der Waals surface area contributed by atoms with E-state index in [1.807, 2.05) is 18.2 Å². The molecule has 1 spiro atoms. The van der Waals surface area contributed by atoms with E-state index >= 15 is 0 Å². The van der Waals surface area contributed by atoms with E-state index in [9.17, 15) is 0 Å². The van der Waals surface area contributed by atoms with E-state index in [0.29, 0.717) is 5.69 Å². The normalized spacial score (nSPS) is 13.1. The van der Waals surface area contributed by atoms with Gasteiger partial charge in [0.05, 0.1) is 17.7 Å². The van der Waals surface area contributed by atoms with Crippen LogP contribution in [0, 0.1) is 6.57 Å². The molecule has 0 N–H and O–H groups in total. The van der Waals surface area contributed by atoms with Crippen molar-refractivity contribution >= 4 is 44.3 Å². The Morgan fingerprint density at radius 2 is 1.08 bits per heavy atom. The summed E-state index contributed by atoms with van der Waals surface area (Å²) in [5, 5.41) is 4.93. The Morgan fingerprint density at radius 1 is 0.458 bits per heavy atom. The molecular weight excluding hydrogens is 581 g/mol. The Labute approximate surface area is 279 Å². The third kappa shape index (κ3) is 3.45. The first kappa shape index (κ1) is 26.8. The summed E-state index contributed by atoms with van der Waals surface area (Å²) < 4.78 is 0. The number of fused-ring (bicyclic) bond motifs is 14. The molecule has 2 aliphatic carbocycles. The highest BCUT2D eigenvalue weighted by atomic mass is 15.1. The van der Waals surface area contributed by atoms with Crippen LogP contribution >= 0.6 is 0 Å². The molecule has 0 heterocycles. The van der Waals surface area contributed by atoms with Gasteiger partial charge in [-0.2, -0.15) is 0 Å². The molecule has 10 rings (SSSR count). The number of para-hydroxylation sites is 1. The van der Waals surface area contributed by atoms with Crippen LogP contribution in [0.3, 0.4) is 0 Å². The second-order valence-corrected chi connectivity index (χ2v) is 12.7. The Balaban J connectivity index is 1.41. The second kappa shape index (κ2) is 10.0.